The third kappa shape index (κ3) is 3.41. The second kappa shape index (κ2) is 5.70. The van der Waals surface area contributed by atoms with Crippen molar-refractivity contribution in [2.45, 2.75) is 52.7 Å². The average Bonchev–Trinajstić information content (AvgIpc) is 2.36. The van der Waals surface area contributed by atoms with E-state index in [1.54, 1.807) is 4.90 Å². The average molecular weight is 273 g/mol. The molecule has 3 nitrogen and oxygen atoms in total. The number of allylic oxidation sites excluding steroid dienone is 1. The Morgan fingerprint density at radius 2 is 2.00 bits per heavy atom. The highest BCUT2D eigenvalue weighted by atomic mass is 16.6. The Labute approximate surface area is 121 Å². The number of carbonyl (C=O) groups is 1. The van der Waals surface area contributed by atoms with Gasteiger partial charge in [0, 0.05) is 5.70 Å². The van der Waals surface area contributed by atoms with Crippen LogP contribution < -0.4 is 0 Å². The van der Waals surface area contributed by atoms with Crippen LogP contribution in [0.3, 0.4) is 0 Å². The maximum Gasteiger partial charge on any atom is 0.414 e. The van der Waals surface area contributed by atoms with Crippen molar-refractivity contribution in [3.63, 3.8) is 0 Å². The summed E-state index contributed by atoms with van der Waals surface area (Å²) in [6.45, 7) is 8.40. The molecule has 2 rings (SSSR count). The lowest BCUT2D eigenvalue weighted by atomic mass is 10.00. The standard InChI is InChI=1S/C17H23NO2/c1-5-8-15-11-13-9-6-7-10-14(13)12-18(15)16(19)20-17(2,3)4/h6-7,9-11H,5,8,12H2,1-4H3. The van der Waals surface area contributed by atoms with E-state index in [4.69, 9.17) is 4.74 Å². The van der Waals surface area contributed by atoms with Crippen molar-refractivity contribution >= 4 is 12.2 Å². The molecule has 0 saturated heterocycles. The molecule has 108 valence electrons. The van der Waals surface area contributed by atoms with Crippen molar-refractivity contribution in [3.05, 3.63) is 41.1 Å². The number of rotatable bonds is 2. The molecule has 0 N–H and O–H groups in total. The SMILES string of the molecule is CCCC1=Cc2ccccc2CN1C(=O)OC(C)(C)C. The van der Waals surface area contributed by atoms with Crippen LogP contribution in [0.2, 0.25) is 0 Å². The first-order chi connectivity index (χ1) is 9.40. The first-order valence-electron chi connectivity index (χ1n) is 7.19. The fourth-order valence-electron chi connectivity index (χ4n) is 2.31. The fraction of sp³-hybridized carbons (Fsp3) is 0.471. The van der Waals surface area contributed by atoms with Crippen molar-refractivity contribution in [1.82, 2.24) is 4.90 Å². The van der Waals surface area contributed by atoms with Gasteiger partial charge in [0.05, 0.1) is 6.54 Å². The van der Waals surface area contributed by atoms with Crippen LogP contribution in [0, 0.1) is 0 Å². The predicted octanol–water partition coefficient (Wildman–Crippen LogP) is 4.58. The second-order valence-corrected chi connectivity index (χ2v) is 6.15. The molecular formula is C17H23NO2. The number of fused-ring (bicyclic) bond motifs is 1. The van der Waals surface area contributed by atoms with Gasteiger partial charge in [-0.3, -0.25) is 4.90 Å². The number of ether oxygens (including phenoxy) is 1. The zero-order valence-corrected chi connectivity index (χ0v) is 12.8. The Morgan fingerprint density at radius 1 is 1.30 bits per heavy atom. The van der Waals surface area contributed by atoms with Crippen LogP contribution in [-0.4, -0.2) is 16.6 Å². The topological polar surface area (TPSA) is 29.5 Å². The van der Waals surface area contributed by atoms with E-state index in [0.717, 1.165) is 18.5 Å². The minimum absolute atomic E-state index is 0.258. The van der Waals surface area contributed by atoms with E-state index >= 15 is 0 Å². The Morgan fingerprint density at radius 3 is 2.65 bits per heavy atom. The lowest BCUT2D eigenvalue weighted by Crippen LogP contribution is -2.37. The molecule has 0 saturated carbocycles. The normalized spacial score (nSPS) is 14.6. The van der Waals surface area contributed by atoms with Gasteiger partial charge in [-0.1, -0.05) is 37.6 Å². The van der Waals surface area contributed by atoms with E-state index in [9.17, 15) is 4.79 Å². The monoisotopic (exact) mass is 273 g/mol. The molecule has 0 fully saturated rings. The maximum atomic E-state index is 12.4. The summed E-state index contributed by atoms with van der Waals surface area (Å²) in [6, 6.07) is 8.19. The van der Waals surface area contributed by atoms with Gasteiger partial charge in [-0.05, 0) is 44.4 Å². The fourth-order valence-corrected chi connectivity index (χ4v) is 2.31. The van der Waals surface area contributed by atoms with Crippen molar-refractivity contribution in [2.24, 2.45) is 0 Å². The molecule has 0 spiro atoms. The summed E-state index contributed by atoms with van der Waals surface area (Å²) in [5.41, 5.74) is 2.94. The first kappa shape index (κ1) is 14.6. The van der Waals surface area contributed by atoms with Crippen LogP contribution in [0.5, 0.6) is 0 Å². The van der Waals surface area contributed by atoms with Crippen LogP contribution in [0.4, 0.5) is 4.79 Å². The van der Waals surface area contributed by atoms with Crippen molar-refractivity contribution in [1.29, 1.82) is 0 Å². The van der Waals surface area contributed by atoms with Crippen LogP contribution in [-0.2, 0) is 11.3 Å². The van der Waals surface area contributed by atoms with Gasteiger partial charge in [-0.2, -0.15) is 0 Å². The number of carbonyl (C=O) groups excluding carboxylic acids is 1. The highest BCUT2D eigenvalue weighted by Crippen LogP contribution is 2.28. The third-order valence-electron chi connectivity index (χ3n) is 3.17. The van der Waals surface area contributed by atoms with Gasteiger partial charge in [0.25, 0.3) is 0 Å². The van der Waals surface area contributed by atoms with Crippen LogP contribution in [0.15, 0.2) is 30.0 Å². The molecule has 1 aromatic carbocycles. The number of benzene rings is 1. The minimum Gasteiger partial charge on any atom is -0.443 e. The number of hydrogen-bond acceptors (Lipinski definition) is 2. The molecule has 0 aromatic heterocycles. The van der Waals surface area contributed by atoms with Gasteiger partial charge < -0.3 is 4.74 Å². The molecule has 1 aromatic rings. The second-order valence-electron chi connectivity index (χ2n) is 6.15. The van der Waals surface area contributed by atoms with Gasteiger partial charge in [0.1, 0.15) is 5.60 Å². The summed E-state index contributed by atoms with van der Waals surface area (Å²) in [7, 11) is 0. The summed E-state index contributed by atoms with van der Waals surface area (Å²) in [4.78, 5) is 14.1. The van der Waals surface area contributed by atoms with E-state index in [1.165, 1.54) is 11.1 Å². The zero-order chi connectivity index (χ0) is 14.8. The Balaban J connectivity index is 2.27. The van der Waals surface area contributed by atoms with Crippen LogP contribution in [0.1, 0.15) is 51.7 Å². The van der Waals surface area contributed by atoms with Crippen LogP contribution >= 0.6 is 0 Å². The van der Waals surface area contributed by atoms with Gasteiger partial charge in [-0.15, -0.1) is 0 Å². The maximum absolute atomic E-state index is 12.4. The first-order valence-corrected chi connectivity index (χ1v) is 7.19. The van der Waals surface area contributed by atoms with Gasteiger partial charge in [0.15, 0.2) is 0 Å². The van der Waals surface area contributed by atoms with E-state index in [-0.39, 0.29) is 6.09 Å². The van der Waals surface area contributed by atoms with Gasteiger partial charge in [-0.25, -0.2) is 4.79 Å². The van der Waals surface area contributed by atoms with Gasteiger partial charge >= 0.3 is 6.09 Å². The van der Waals surface area contributed by atoms with E-state index in [2.05, 4.69) is 25.1 Å². The number of nitrogens with zero attached hydrogens (tertiary/aromatic N) is 1. The summed E-state index contributed by atoms with van der Waals surface area (Å²) in [5, 5.41) is 0. The zero-order valence-electron chi connectivity index (χ0n) is 12.8. The van der Waals surface area contributed by atoms with Crippen molar-refractivity contribution < 1.29 is 9.53 Å². The lowest BCUT2D eigenvalue weighted by molar-refractivity contribution is 0.0293. The summed E-state index contributed by atoms with van der Waals surface area (Å²) in [6.07, 6.45) is 3.74. The molecule has 0 radical (unpaired) electrons. The molecule has 1 aliphatic rings. The van der Waals surface area contributed by atoms with Crippen LogP contribution in [0.25, 0.3) is 6.08 Å². The molecular weight excluding hydrogens is 250 g/mol. The highest BCUT2D eigenvalue weighted by molar-refractivity contribution is 5.75. The van der Waals surface area contributed by atoms with E-state index in [1.807, 2.05) is 32.9 Å². The Hall–Kier alpha value is -1.77. The molecule has 0 atom stereocenters. The van der Waals surface area contributed by atoms with E-state index in [0.29, 0.717) is 6.54 Å². The van der Waals surface area contributed by atoms with Gasteiger partial charge in [0.2, 0.25) is 0 Å². The van der Waals surface area contributed by atoms with E-state index < -0.39 is 5.60 Å². The largest absolute Gasteiger partial charge is 0.443 e. The third-order valence-corrected chi connectivity index (χ3v) is 3.17. The molecule has 0 aliphatic carbocycles. The predicted molar refractivity (Wildman–Crippen MR) is 81.1 cm³/mol. The molecule has 0 unspecified atom stereocenters. The Kier molecular flexibility index (Phi) is 4.17. The molecule has 0 bridgehead atoms. The molecule has 3 heteroatoms. The smallest absolute Gasteiger partial charge is 0.414 e. The molecule has 20 heavy (non-hydrogen) atoms. The Bertz CT molecular complexity index is 526. The number of hydrogen-bond donors (Lipinski definition) is 0. The quantitative estimate of drug-likeness (QED) is 0.789. The molecule has 1 amide bonds. The summed E-state index contributed by atoms with van der Waals surface area (Å²) >= 11 is 0. The minimum atomic E-state index is -0.467. The molecule has 1 aliphatic heterocycles. The lowest BCUT2D eigenvalue weighted by Gasteiger charge is -2.32. The highest BCUT2D eigenvalue weighted by Gasteiger charge is 2.27. The van der Waals surface area contributed by atoms with Crippen molar-refractivity contribution in [2.75, 3.05) is 0 Å². The van der Waals surface area contributed by atoms with Crippen molar-refractivity contribution in [3.8, 4) is 0 Å². The number of amides is 1. The summed E-state index contributed by atoms with van der Waals surface area (Å²) in [5.74, 6) is 0. The molecule has 1 heterocycles. The summed E-state index contributed by atoms with van der Waals surface area (Å²) < 4.78 is 5.51.